The van der Waals surface area contributed by atoms with E-state index < -0.39 is 12.7 Å². The predicted octanol–water partition coefficient (Wildman–Crippen LogP) is 1.91. The maximum absolute atomic E-state index is 12.2. The van der Waals surface area contributed by atoms with Crippen molar-refractivity contribution in [1.29, 1.82) is 0 Å². The van der Waals surface area contributed by atoms with Crippen LogP contribution in [0.5, 0.6) is 0 Å². The van der Waals surface area contributed by atoms with Gasteiger partial charge in [-0.1, -0.05) is 0 Å². The van der Waals surface area contributed by atoms with Crippen molar-refractivity contribution in [2.75, 3.05) is 32.7 Å². The van der Waals surface area contributed by atoms with E-state index in [0.717, 1.165) is 0 Å². The summed E-state index contributed by atoms with van der Waals surface area (Å²) in [6, 6.07) is 1.58. The third-order valence-corrected chi connectivity index (χ3v) is 3.15. The van der Waals surface area contributed by atoms with Crippen LogP contribution in [0.25, 0.3) is 0 Å². The van der Waals surface area contributed by atoms with Gasteiger partial charge in [0.15, 0.2) is 0 Å². The predicted molar refractivity (Wildman–Crippen MR) is 61.8 cm³/mol. The van der Waals surface area contributed by atoms with Gasteiger partial charge in [-0.3, -0.25) is 9.69 Å². The lowest BCUT2D eigenvalue weighted by Crippen LogP contribution is -2.50. The average molecular weight is 276 g/mol. The molecule has 2 heterocycles. The summed E-state index contributed by atoms with van der Waals surface area (Å²) in [5.74, 6) is 0.348. The maximum Gasteiger partial charge on any atom is 0.401 e. The van der Waals surface area contributed by atoms with Crippen LogP contribution in [0, 0.1) is 6.92 Å². The highest BCUT2D eigenvalue weighted by molar-refractivity contribution is 5.95. The van der Waals surface area contributed by atoms with E-state index >= 15 is 0 Å². The number of halogens is 3. The van der Waals surface area contributed by atoms with Crippen molar-refractivity contribution in [3.05, 3.63) is 23.7 Å². The third kappa shape index (κ3) is 3.50. The van der Waals surface area contributed by atoms with E-state index in [1.54, 1.807) is 17.9 Å². The van der Waals surface area contributed by atoms with Crippen LogP contribution >= 0.6 is 0 Å². The first-order valence-corrected chi connectivity index (χ1v) is 5.99. The Kier molecular flexibility index (Phi) is 3.84. The lowest BCUT2D eigenvalue weighted by atomic mass is 10.2. The number of hydrogen-bond acceptors (Lipinski definition) is 3. The molecule has 4 nitrogen and oxygen atoms in total. The van der Waals surface area contributed by atoms with E-state index in [4.69, 9.17) is 4.42 Å². The van der Waals surface area contributed by atoms with Gasteiger partial charge in [-0.05, 0) is 13.0 Å². The molecule has 106 valence electrons. The second-order valence-corrected chi connectivity index (χ2v) is 4.57. The molecule has 0 aliphatic carbocycles. The number of carbonyl (C=O) groups excluding carboxylic acids is 1. The SMILES string of the molecule is Cc1occc1C(=O)N1CCN(CC(F)(F)F)CC1. The fraction of sp³-hybridized carbons (Fsp3) is 0.583. The third-order valence-electron chi connectivity index (χ3n) is 3.15. The van der Waals surface area contributed by atoms with Gasteiger partial charge in [-0.15, -0.1) is 0 Å². The summed E-state index contributed by atoms with van der Waals surface area (Å²) in [6.07, 6.45) is -2.75. The first-order chi connectivity index (χ1) is 8.87. The fourth-order valence-corrected chi connectivity index (χ4v) is 2.14. The Morgan fingerprint density at radius 1 is 1.32 bits per heavy atom. The molecule has 1 aliphatic rings. The van der Waals surface area contributed by atoms with Crippen LogP contribution < -0.4 is 0 Å². The molecule has 0 atom stereocenters. The molecule has 0 bridgehead atoms. The first kappa shape index (κ1) is 13.9. The summed E-state index contributed by atoms with van der Waals surface area (Å²) in [6.45, 7) is 1.86. The Balaban J connectivity index is 1.90. The molecule has 1 aromatic heterocycles. The smallest absolute Gasteiger partial charge is 0.401 e. The molecule has 0 N–H and O–H groups in total. The van der Waals surface area contributed by atoms with Crippen LogP contribution in [0.3, 0.4) is 0 Å². The number of hydrogen-bond donors (Lipinski definition) is 0. The van der Waals surface area contributed by atoms with Gasteiger partial charge in [0, 0.05) is 26.2 Å². The highest BCUT2D eigenvalue weighted by atomic mass is 19.4. The largest absolute Gasteiger partial charge is 0.469 e. The van der Waals surface area contributed by atoms with Crippen LogP contribution in [0.2, 0.25) is 0 Å². The van der Waals surface area contributed by atoms with Gasteiger partial charge in [-0.2, -0.15) is 13.2 Å². The zero-order valence-electron chi connectivity index (χ0n) is 10.5. The summed E-state index contributed by atoms with van der Waals surface area (Å²) < 4.78 is 41.8. The minimum absolute atomic E-state index is 0.182. The van der Waals surface area contributed by atoms with E-state index in [0.29, 0.717) is 24.4 Å². The van der Waals surface area contributed by atoms with E-state index in [1.165, 1.54) is 11.2 Å². The molecule has 0 spiro atoms. The van der Waals surface area contributed by atoms with Crippen LogP contribution in [0.4, 0.5) is 13.2 Å². The second kappa shape index (κ2) is 5.24. The number of alkyl halides is 3. The van der Waals surface area contributed by atoms with E-state index in [-0.39, 0.29) is 19.0 Å². The van der Waals surface area contributed by atoms with Crippen molar-refractivity contribution in [1.82, 2.24) is 9.80 Å². The Morgan fingerprint density at radius 2 is 1.95 bits per heavy atom. The van der Waals surface area contributed by atoms with Crippen LogP contribution in [-0.4, -0.2) is 54.6 Å². The van der Waals surface area contributed by atoms with Crippen molar-refractivity contribution in [2.45, 2.75) is 13.1 Å². The van der Waals surface area contributed by atoms with Crippen molar-refractivity contribution in [3.63, 3.8) is 0 Å². The van der Waals surface area contributed by atoms with Gasteiger partial charge in [0.25, 0.3) is 5.91 Å². The first-order valence-electron chi connectivity index (χ1n) is 5.99. The molecular weight excluding hydrogens is 261 g/mol. The molecule has 0 saturated carbocycles. The molecule has 1 saturated heterocycles. The summed E-state index contributed by atoms with van der Waals surface area (Å²) in [4.78, 5) is 15.0. The fourth-order valence-electron chi connectivity index (χ4n) is 2.14. The Bertz CT molecular complexity index is 448. The standard InChI is InChI=1S/C12H15F3N2O2/c1-9-10(2-7-19-9)11(18)17-5-3-16(4-6-17)8-12(13,14)15/h2,7H,3-6,8H2,1H3. The number of nitrogens with zero attached hydrogens (tertiary/aromatic N) is 2. The van der Waals surface area contributed by atoms with Crippen LogP contribution in [0.15, 0.2) is 16.7 Å². The maximum atomic E-state index is 12.2. The van der Waals surface area contributed by atoms with Gasteiger partial charge in [-0.25, -0.2) is 0 Å². The van der Waals surface area contributed by atoms with Gasteiger partial charge < -0.3 is 9.32 Å². The lowest BCUT2D eigenvalue weighted by Gasteiger charge is -2.34. The summed E-state index contributed by atoms with van der Waals surface area (Å²) in [5, 5.41) is 0. The highest BCUT2D eigenvalue weighted by Crippen LogP contribution is 2.18. The molecule has 2 rings (SSSR count). The van der Waals surface area contributed by atoms with E-state index in [2.05, 4.69) is 0 Å². The van der Waals surface area contributed by atoms with Gasteiger partial charge >= 0.3 is 6.18 Å². The molecule has 19 heavy (non-hydrogen) atoms. The minimum atomic E-state index is -4.19. The number of aryl methyl sites for hydroxylation is 1. The van der Waals surface area contributed by atoms with Crippen molar-refractivity contribution in [3.8, 4) is 0 Å². The lowest BCUT2D eigenvalue weighted by molar-refractivity contribution is -0.148. The Morgan fingerprint density at radius 3 is 2.42 bits per heavy atom. The molecule has 1 amide bonds. The summed E-state index contributed by atoms with van der Waals surface area (Å²) >= 11 is 0. The number of rotatable bonds is 2. The highest BCUT2D eigenvalue weighted by Gasteiger charge is 2.33. The molecule has 1 aromatic rings. The zero-order chi connectivity index (χ0) is 14.0. The molecule has 0 unspecified atom stereocenters. The zero-order valence-corrected chi connectivity index (χ0v) is 10.5. The summed E-state index contributed by atoms with van der Waals surface area (Å²) in [5.41, 5.74) is 0.476. The number of piperazine rings is 1. The van der Waals surface area contributed by atoms with Crippen molar-refractivity contribution >= 4 is 5.91 Å². The molecule has 0 aromatic carbocycles. The monoisotopic (exact) mass is 276 g/mol. The topological polar surface area (TPSA) is 36.7 Å². The minimum Gasteiger partial charge on any atom is -0.469 e. The average Bonchev–Trinajstić information content (AvgIpc) is 2.73. The molecular formula is C12H15F3N2O2. The molecule has 1 aliphatic heterocycles. The summed E-state index contributed by atoms with van der Waals surface area (Å²) in [7, 11) is 0. The second-order valence-electron chi connectivity index (χ2n) is 4.57. The molecule has 0 radical (unpaired) electrons. The van der Waals surface area contributed by atoms with Crippen LogP contribution in [0.1, 0.15) is 16.1 Å². The van der Waals surface area contributed by atoms with Crippen molar-refractivity contribution < 1.29 is 22.4 Å². The van der Waals surface area contributed by atoms with E-state index in [9.17, 15) is 18.0 Å². The normalized spacial score (nSPS) is 17.8. The van der Waals surface area contributed by atoms with E-state index in [1.807, 2.05) is 0 Å². The number of furan rings is 1. The Labute approximate surface area is 108 Å². The Hall–Kier alpha value is -1.50. The van der Waals surface area contributed by atoms with Gasteiger partial charge in [0.05, 0.1) is 18.4 Å². The number of amides is 1. The van der Waals surface area contributed by atoms with Gasteiger partial charge in [0.2, 0.25) is 0 Å². The van der Waals surface area contributed by atoms with Crippen molar-refractivity contribution in [2.24, 2.45) is 0 Å². The van der Waals surface area contributed by atoms with Gasteiger partial charge in [0.1, 0.15) is 5.76 Å². The molecule has 7 heteroatoms. The number of carbonyl (C=O) groups is 1. The van der Waals surface area contributed by atoms with Crippen LogP contribution in [-0.2, 0) is 0 Å². The quantitative estimate of drug-likeness (QED) is 0.828. The molecule has 1 fully saturated rings.